The van der Waals surface area contributed by atoms with E-state index < -0.39 is 4.92 Å². The lowest BCUT2D eigenvalue weighted by Gasteiger charge is -1.98. The fourth-order valence-corrected chi connectivity index (χ4v) is 3.48. The molecular formula is C18H14ClN5O2S. The van der Waals surface area contributed by atoms with Crippen molar-refractivity contribution >= 4 is 38.1 Å². The summed E-state index contributed by atoms with van der Waals surface area (Å²) in [7, 11) is 1.71. The van der Waals surface area contributed by atoms with Gasteiger partial charge in [-0.1, -0.05) is 48.5 Å². The zero-order chi connectivity index (χ0) is 18.1. The molecule has 2 aromatic heterocycles. The second-order valence-corrected chi connectivity index (χ2v) is 6.67. The molecule has 9 heteroatoms. The van der Waals surface area contributed by atoms with Gasteiger partial charge in [0.15, 0.2) is 4.92 Å². The van der Waals surface area contributed by atoms with Crippen LogP contribution in [0.1, 0.15) is 0 Å². The normalized spacial score (nSPS) is 11.0. The molecule has 0 radical (unpaired) electrons. The predicted molar refractivity (Wildman–Crippen MR) is 102 cm³/mol. The van der Waals surface area contributed by atoms with Crippen LogP contribution in [0.25, 0.3) is 22.2 Å². The summed E-state index contributed by atoms with van der Waals surface area (Å²) >= 11 is 0.990. The van der Waals surface area contributed by atoms with E-state index in [0.29, 0.717) is 10.8 Å². The van der Waals surface area contributed by atoms with Crippen LogP contribution in [0.2, 0.25) is 0 Å². The molecule has 0 unspecified atom stereocenters. The molecule has 136 valence electrons. The Balaban J connectivity index is 0.00000210. The van der Waals surface area contributed by atoms with E-state index in [-0.39, 0.29) is 17.4 Å². The van der Waals surface area contributed by atoms with Gasteiger partial charge in [-0.05, 0) is 11.2 Å². The van der Waals surface area contributed by atoms with E-state index in [1.165, 1.54) is 6.20 Å². The molecule has 1 N–H and O–H groups in total. The number of fused-ring (bicyclic) bond motifs is 1. The monoisotopic (exact) mass is 399 g/mol. The molecule has 2 heterocycles. The second-order valence-electron chi connectivity index (χ2n) is 5.68. The van der Waals surface area contributed by atoms with Crippen LogP contribution in [0.4, 0.5) is 15.8 Å². The number of hydrogen-bond acceptors (Lipinski definition) is 5. The van der Waals surface area contributed by atoms with Crippen LogP contribution in [-0.4, -0.2) is 14.5 Å². The van der Waals surface area contributed by atoms with Crippen molar-refractivity contribution < 1.29 is 17.3 Å². The van der Waals surface area contributed by atoms with Crippen molar-refractivity contribution in [2.24, 2.45) is 17.3 Å². The number of rotatable bonds is 4. The van der Waals surface area contributed by atoms with Crippen LogP contribution in [-0.2, 0) is 7.05 Å². The molecule has 4 rings (SSSR count). The molecule has 0 bridgehead atoms. The van der Waals surface area contributed by atoms with E-state index in [4.69, 9.17) is 0 Å². The Morgan fingerprint density at radius 3 is 2.56 bits per heavy atom. The summed E-state index contributed by atoms with van der Waals surface area (Å²) < 4.78 is 1.60. The molecule has 0 aliphatic carbocycles. The number of nitrogens with zero attached hydrogens (tertiary/aromatic N) is 4. The number of thiazole rings is 1. The number of aromatic nitrogens is 2. The summed E-state index contributed by atoms with van der Waals surface area (Å²) in [6.45, 7) is 0. The average Bonchev–Trinajstić information content (AvgIpc) is 3.21. The zero-order valence-corrected chi connectivity index (χ0v) is 15.7. The molecule has 27 heavy (non-hydrogen) atoms. The number of benzene rings is 2. The second kappa shape index (κ2) is 7.65. The predicted octanol–water partition coefficient (Wildman–Crippen LogP) is 2.84. The Kier molecular flexibility index (Phi) is 5.29. The van der Waals surface area contributed by atoms with Gasteiger partial charge in [-0.2, -0.15) is 0 Å². The van der Waals surface area contributed by atoms with Crippen molar-refractivity contribution in [2.45, 2.75) is 0 Å². The molecule has 0 saturated carbocycles. The molecule has 0 fully saturated rings. The number of aryl methyl sites for hydroxylation is 1. The van der Waals surface area contributed by atoms with E-state index >= 15 is 0 Å². The molecule has 0 spiro atoms. The van der Waals surface area contributed by atoms with Gasteiger partial charge < -0.3 is 17.4 Å². The van der Waals surface area contributed by atoms with Crippen molar-refractivity contribution in [3.8, 4) is 11.3 Å². The maximum absolute atomic E-state index is 10.9. The average molecular weight is 400 g/mol. The minimum absolute atomic E-state index is 0. The van der Waals surface area contributed by atoms with E-state index in [1.54, 1.807) is 11.6 Å². The van der Waals surface area contributed by atoms with Gasteiger partial charge in [-0.3, -0.25) is 0 Å². The third-order valence-corrected chi connectivity index (χ3v) is 4.97. The fraction of sp³-hybridized carbons (Fsp3) is 0.0556. The van der Waals surface area contributed by atoms with E-state index in [1.807, 2.05) is 54.6 Å². The van der Waals surface area contributed by atoms with Crippen molar-refractivity contribution in [1.29, 1.82) is 0 Å². The van der Waals surface area contributed by atoms with Crippen LogP contribution < -0.4 is 12.4 Å². The minimum atomic E-state index is -0.426. The van der Waals surface area contributed by atoms with Crippen LogP contribution in [0.15, 0.2) is 71.0 Å². The molecule has 0 saturated heterocycles. The molecule has 7 nitrogen and oxygen atoms in total. The fourth-order valence-electron chi connectivity index (χ4n) is 2.73. The number of hydrogen-bond donors (Lipinski definition) is 1. The third kappa shape index (κ3) is 3.57. The smallest absolute Gasteiger partial charge is 0.484 e. The van der Waals surface area contributed by atoms with Crippen molar-refractivity contribution in [3.05, 3.63) is 70.9 Å². The van der Waals surface area contributed by atoms with Gasteiger partial charge in [0, 0.05) is 23.5 Å². The molecule has 0 aliphatic rings. The van der Waals surface area contributed by atoms with Crippen LogP contribution in [0.3, 0.4) is 0 Å². The maximum Gasteiger partial charge on any atom is 0.484 e. The Bertz CT molecular complexity index is 1140. The topological polar surface area (TPSA) is 88.6 Å². The maximum atomic E-state index is 10.9. The molecule has 0 atom stereocenters. The third-order valence-electron chi connectivity index (χ3n) is 3.96. The number of nitro groups is 1. The van der Waals surface area contributed by atoms with Crippen molar-refractivity contribution in [3.63, 3.8) is 0 Å². The van der Waals surface area contributed by atoms with Gasteiger partial charge in [0.05, 0.1) is 5.69 Å². The summed E-state index contributed by atoms with van der Waals surface area (Å²) in [4.78, 5) is 13.9. The summed E-state index contributed by atoms with van der Waals surface area (Å²) in [5.74, 6) is 0. The summed E-state index contributed by atoms with van der Waals surface area (Å²) in [6, 6.07) is 17.7. The van der Waals surface area contributed by atoms with E-state index in [9.17, 15) is 10.1 Å². The number of halogens is 1. The standard InChI is InChI=1S/C18H14N5O2S.ClH/c1-22-11-15(23(24)25)26-18(22)21-20-17-13-9-5-6-10-14(13)19-16(17)12-7-3-2-4-8-12;/h2-11,19H,1H3;1H/q+1;/p-1. The summed E-state index contributed by atoms with van der Waals surface area (Å²) in [6.07, 6.45) is 1.44. The SMILES string of the molecule is Cn1cc([N+](=O)[O-])s[c+]1N=Nc1c(-c2ccccc2)[nH]c2ccccc12.[Cl-]. The molecule has 0 aliphatic heterocycles. The minimum Gasteiger partial charge on any atom is -1.00 e. The molecular weight excluding hydrogens is 386 g/mol. The van der Waals surface area contributed by atoms with Gasteiger partial charge in [-0.25, -0.2) is 14.7 Å². The summed E-state index contributed by atoms with van der Waals surface area (Å²) in [5, 5.41) is 21.1. The highest BCUT2D eigenvalue weighted by Gasteiger charge is 2.24. The van der Waals surface area contributed by atoms with Gasteiger partial charge in [0.2, 0.25) is 6.20 Å². The number of azo groups is 1. The number of para-hydroxylation sites is 1. The largest absolute Gasteiger partial charge is 1.00 e. The van der Waals surface area contributed by atoms with Gasteiger partial charge in [0.25, 0.3) is 0 Å². The Morgan fingerprint density at radius 2 is 1.85 bits per heavy atom. The van der Waals surface area contributed by atoms with Crippen LogP contribution in [0, 0.1) is 10.1 Å². The highest BCUT2D eigenvalue weighted by atomic mass is 35.5. The first-order valence-electron chi connectivity index (χ1n) is 7.85. The molecule has 0 amide bonds. The lowest BCUT2D eigenvalue weighted by Crippen LogP contribution is -3.00. The zero-order valence-electron chi connectivity index (χ0n) is 14.2. The van der Waals surface area contributed by atoms with E-state index in [0.717, 1.165) is 33.5 Å². The lowest BCUT2D eigenvalue weighted by molar-refractivity contribution is -0.380. The number of nitrogens with one attached hydrogen (secondary N) is 1. The van der Waals surface area contributed by atoms with Crippen LogP contribution in [0.5, 0.6) is 0 Å². The number of H-pyrrole nitrogens is 1. The molecule has 4 aromatic rings. The quantitative estimate of drug-likeness (QED) is 0.247. The van der Waals surface area contributed by atoms with Gasteiger partial charge in [0.1, 0.15) is 17.0 Å². The Morgan fingerprint density at radius 1 is 1.15 bits per heavy atom. The Hall–Kier alpha value is -3.10. The first kappa shape index (κ1) is 18.7. The Labute approximate surface area is 164 Å². The highest BCUT2D eigenvalue weighted by Crippen LogP contribution is 2.39. The first-order chi connectivity index (χ1) is 12.6. The molecule has 2 aromatic carbocycles. The first-order valence-corrected chi connectivity index (χ1v) is 8.67. The number of aromatic amines is 1. The lowest BCUT2D eigenvalue weighted by atomic mass is 10.1. The van der Waals surface area contributed by atoms with E-state index in [2.05, 4.69) is 15.2 Å². The highest BCUT2D eigenvalue weighted by molar-refractivity contribution is 7.18. The van der Waals surface area contributed by atoms with Crippen molar-refractivity contribution in [2.75, 3.05) is 0 Å². The van der Waals surface area contributed by atoms with Gasteiger partial charge in [-0.15, -0.1) is 5.11 Å². The van der Waals surface area contributed by atoms with Crippen LogP contribution >= 0.6 is 11.3 Å². The van der Waals surface area contributed by atoms with Gasteiger partial charge >= 0.3 is 10.1 Å². The van der Waals surface area contributed by atoms with Crippen molar-refractivity contribution in [1.82, 2.24) is 9.55 Å². The summed E-state index contributed by atoms with van der Waals surface area (Å²) in [5.41, 5.74) is 3.54.